The van der Waals surface area contributed by atoms with Crippen molar-refractivity contribution in [1.29, 1.82) is 0 Å². The van der Waals surface area contributed by atoms with E-state index < -0.39 is 23.8 Å². The third kappa shape index (κ3) is 3.44. The molecule has 1 atom stereocenters. The fourth-order valence-corrected chi connectivity index (χ4v) is 3.63. The summed E-state index contributed by atoms with van der Waals surface area (Å²) < 4.78 is 5.19. The van der Waals surface area contributed by atoms with Crippen LogP contribution in [0.1, 0.15) is 27.1 Å². The summed E-state index contributed by atoms with van der Waals surface area (Å²) in [5.41, 5.74) is 1.28. The second kappa shape index (κ2) is 7.38. The van der Waals surface area contributed by atoms with E-state index in [4.69, 9.17) is 4.74 Å². The van der Waals surface area contributed by atoms with E-state index >= 15 is 0 Å². The number of hydrogen-bond donors (Lipinski definition) is 1. The molecule has 148 valence electrons. The lowest BCUT2D eigenvalue weighted by molar-refractivity contribution is -0.122. The molecule has 2 aromatic carbocycles. The van der Waals surface area contributed by atoms with Gasteiger partial charge in [0.05, 0.1) is 24.3 Å². The molecule has 29 heavy (non-hydrogen) atoms. The fourth-order valence-electron chi connectivity index (χ4n) is 3.63. The van der Waals surface area contributed by atoms with Crippen molar-refractivity contribution in [2.75, 3.05) is 25.1 Å². The maximum atomic E-state index is 12.4. The van der Waals surface area contributed by atoms with Crippen molar-refractivity contribution in [3.05, 3.63) is 59.7 Å². The van der Waals surface area contributed by atoms with Gasteiger partial charge in [-0.05, 0) is 24.3 Å². The number of fused-ring (bicyclic) bond motifs is 1. The Morgan fingerprint density at radius 1 is 1.07 bits per heavy atom. The molecule has 2 aliphatic heterocycles. The molecule has 4 amide bonds. The van der Waals surface area contributed by atoms with Crippen LogP contribution in [0, 0.1) is 0 Å². The van der Waals surface area contributed by atoms with Gasteiger partial charge in [0.15, 0.2) is 0 Å². The minimum atomic E-state index is -0.485. The van der Waals surface area contributed by atoms with E-state index in [9.17, 15) is 19.2 Å². The van der Waals surface area contributed by atoms with Crippen LogP contribution < -0.4 is 15.0 Å². The van der Waals surface area contributed by atoms with Crippen molar-refractivity contribution in [1.82, 2.24) is 10.2 Å². The molecule has 2 heterocycles. The zero-order valence-corrected chi connectivity index (χ0v) is 15.8. The smallest absolute Gasteiger partial charge is 0.262 e. The number of methoxy groups -OCH3 is 1. The van der Waals surface area contributed by atoms with Crippen molar-refractivity contribution >= 4 is 29.3 Å². The summed E-state index contributed by atoms with van der Waals surface area (Å²) in [6, 6.07) is 13.2. The number of hydrogen-bond acceptors (Lipinski definition) is 5. The molecule has 0 saturated carbocycles. The van der Waals surface area contributed by atoms with Crippen molar-refractivity contribution in [3.63, 3.8) is 0 Å². The van der Waals surface area contributed by atoms with Crippen molar-refractivity contribution in [2.24, 2.45) is 0 Å². The van der Waals surface area contributed by atoms with E-state index in [0.717, 1.165) is 4.90 Å². The first-order valence-electron chi connectivity index (χ1n) is 9.17. The van der Waals surface area contributed by atoms with Crippen molar-refractivity contribution in [3.8, 4) is 5.75 Å². The SMILES string of the molecule is COc1cccc(N2C[C@@H](NC(=O)CN3C(=O)c4ccccc4C3=O)CC2=O)c1. The molecule has 0 bridgehead atoms. The van der Waals surface area contributed by atoms with Gasteiger partial charge in [-0.2, -0.15) is 0 Å². The van der Waals surface area contributed by atoms with E-state index in [0.29, 0.717) is 29.1 Å². The molecule has 1 saturated heterocycles. The highest BCUT2D eigenvalue weighted by molar-refractivity contribution is 6.22. The monoisotopic (exact) mass is 393 g/mol. The standard InChI is InChI=1S/C21H19N3O5/c1-29-15-6-4-5-14(10-15)23-11-13(9-19(23)26)22-18(25)12-24-20(27)16-7-2-3-8-17(16)21(24)28/h2-8,10,13H,9,11-12H2,1H3,(H,22,25)/t13-/m0/s1. The van der Waals surface area contributed by atoms with Crippen LogP contribution in [0.5, 0.6) is 5.75 Å². The van der Waals surface area contributed by atoms with Crippen molar-refractivity contribution in [2.45, 2.75) is 12.5 Å². The molecule has 1 fully saturated rings. The maximum absolute atomic E-state index is 12.4. The lowest BCUT2D eigenvalue weighted by atomic mass is 10.1. The average Bonchev–Trinajstić information content (AvgIpc) is 3.21. The number of benzene rings is 2. The van der Waals surface area contributed by atoms with Crippen LogP contribution in [0.4, 0.5) is 5.69 Å². The number of rotatable bonds is 5. The Labute approximate surface area is 167 Å². The van der Waals surface area contributed by atoms with Crippen LogP contribution in [0.25, 0.3) is 0 Å². The molecule has 8 nitrogen and oxygen atoms in total. The van der Waals surface area contributed by atoms with Crippen LogP contribution >= 0.6 is 0 Å². The Morgan fingerprint density at radius 3 is 2.41 bits per heavy atom. The van der Waals surface area contributed by atoms with Gasteiger partial charge < -0.3 is 15.0 Å². The number of amides is 4. The summed E-state index contributed by atoms with van der Waals surface area (Å²) in [7, 11) is 1.55. The van der Waals surface area contributed by atoms with Gasteiger partial charge in [-0.15, -0.1) is 0 Å². The van der Waals surface area contributed by atoms with Gasteiger partial charge in [0.2, 0.25) is 11.8 Å². The van der Waals surface area contributed by atoms with Crippen LogP contribution in [0.3, 0.4) is 0 Å². The predicted molar refractivity (Wildman–Crippen MR) is 104 cm³/mol. The first-order valence-corrected chi connectivity index (χ1v) is 9.17. The second-order valence-electron chi connectivity index (χ2n) is 6.92. The summed E-state index contributed by atoms with van der Waals surface area (Å²) in [6.45, 7) is -0.0734. The first-order chi connectivity index (χ1) is 14.0. The molecule has 0 aliphatic carbocycles. The molecule has 4 rings (SSSR count). The number of anilines is 1. The lowest BCUT2D eigenvalue weighted by Gasteiger charge is -2.19. The van der Waals surface area contributed by atoms with Crippen LogP contribution in [-0.4, -0.2) is 54.8 Å². The molecule has 2 aliphatic rings. The largest absolute Gasteiger partial charge is 0.497 e. The molecule has 8 heteroatoms. The molecule has 0 radical (unpaired) electrons. The Kier molecular flexibility index (Phi) is 4.75. The molecular formula is C21H19N3O5. The molecule has 0 spiro atoms. The van der Waals surface area contributed by atoms with Gasteiger partial charge in [0.1, 0.15) is 12.3 Å². The highest BCUT2D eigenvalue weighted by atomic mass is 16.5. The average molecular weight is 393 g/mol. The number of ether oxygens (including phenoxy) is 1. The minimum absolute atomic E-state index is 0.121. The third-order valence-corrected chi connectivity index (χ3v) is 5.04. The van der Waals surface area contributed by atoms with E-state index in [2.05, 4.69) is 5.32 Å². The molecule has 1 N–H and O–H groups in total. The van der Waals surface area contributed by atoms with E-state index in [1.54, 1.807) is 60.5 Å². The number of carbonyl (C=O) groups is 4. The summed E-state index contributed by atoms with van der Waals surface area (Å²) in [4.78, 5) is 52.1. The summed E-state index contributed by atoms with van der Waals surface area (Å²) in [6.07, 6.45) is 0.144. The quantitative estimate of drug-likeness (QED) is 0.771. The molecular weight excluding hydrogens is 374 g/mol. The molecule has 0 aromatic heterocycles. The van der Waals surface area contributed by atoms with Gasteiger partial charge in [0, 0.05) is 24.7 Å². The normalized spacial score (nSPS) is 18.2. The maximum Gasteiger partial charge on any atom is 0.262 e. The van der Waals surface area contributed by atoms with Gasteiger partial charge in [-0.25, -0.2) is 0 Å². The van der Waals surface area contributed by atoms with E-state index in [1.165, 1.54) is 0 Å². The van der Waals surface area contributed by atoms with Gasteiger partial charge in [-0.3, -0.25) is 24.1 Å². The number of nitrogens with one attached hydrogen (secondary N) is 1. The minimum Gasteiger partial charge on any atom is -0.497 e. The third-order valence-electron chi connectivity index (χ3n) is 5.04. The topological polar surface area (TPSA) is 96.0 Å². The highest BCUT2D eigenvalue weighted by Crippen LogP contribution is 2.26. The fraction of sp³-hybridized carbons (Fsp3) is 0.238. The molecule has 0 unspecified atom stereocenters. The van der Waals surface area contributed by atoms with E-state index in [-0.39, 0.29) is 18.9 Å². The Balaban J connectivity index is 1.39. The lowest BCUT2D eigenvalue weighted by Crippen LogP contribution is -2.44. The zero-order valence-electron chi connectivity index (χ0n) is 15.8. The van der Waals surface area contributed by atoms with Gasteiger partial charge in [0.25, 0.3) is 11.8 Å². The van der Waals surface area contributed by atoms with Gasteiger partial charge in [-0.1, -0.05) is 18.2 Å². The van der Waals surface area contributed by atoms with Crippen LogP contribution in [0.2, 0.25) is 0 Å². The van der Waals surface area contributed by atoms with Crippen LogP contribution in [0.15, 0.2) is 48.5 Å². The zero-order chi connectivity index (χ0) is 20.5. The van der Waals surface area contributed by atoms with E-state index in [1.807, 2.05) is 0 Å². The van der Waals surface area contributed by atoms with Gasteiger partial charge >= 0.3 is 0 Å². The van der Waals surface area contributed by atoms with Crippen molar-refractivity contribution < 1.29 is 23.9 Å². The Morgan fingerprint density at radius 2 is 1.76 bits per heavy atom. The summed E-state index contributed by atoms with van der Waals surface area (Å²) in [5, 5.41) is 2.75. The summed E-state index contributed by atoms with van der Waals surface area (Å²) in [5.74, 6) is -0.940. The number of carbonyl (C=O) groups excluding carboxylic acids is 4. The molecule has 2 aromatic rings. The summed E-state index contributed by atoms with van der Waals surface area (Å²) >= 11 is 0. The predicted octanol–water partition coefficient (Wildman–Crippen LogP) is 1.21. The Hall–Kier alpha value is -3.68. The number of nitrogens with zero attached hydrogens (tertiary/aromatic N) is 2. The Bertz CT molecular complexity index is 984. The van der Waals surface area contributed by atoms with Crippen LogP contribution in [-0.2, 0) is 9.59 Å². The second-order valence-corrected chi connectivity index (χ2v) is 6.92. The number of imide groups is 1. The highest BCUT2D eigenvalue weighted by Gasteiger charge is 2.37. The first kappa shape index (κ1) is 18.7.